The molecule has 2 heterocycles. The van der Waals surface area contributed by atoms with Gasteiger partial charge in [-0.25, -0.2) is 0 Å². The van der Waals surface area contributed by atoms with Gasteiger partial charge < -0.3 is 9.13 Å². The topological polar surface area (TPSA) is 9.86 Å². The fraction of sp³-hybridized carbons (Fsp3) is 0. The Morgan fingerprint density at radius 3 is 1.09 bits per heavy atom. The second-order valence-corrected chi connectivity index (χ2v) is 14.6. The highest BCUT2D eigenvalue weighted by Gasteiger charge is 2.17. The smallest absolute Gasteiger partial charge is 0.0541 e. The molecular formula is C54H36N2. The molecule has 262 valence electrons. The molecule has 0 bridgehead atoms. The highest BCUT2D eigenvalue weighted by atomic mass is 15.0. The highest BCUT2D eigenvalue weighted by molar-refractivity contribution is 6.13. The first-order chi connectivity index (χ1) is 27.8. The first-order valence-corrected chi connectivity index (χ1v) is 19.3. The minimum absolute atomic E-state index is 1.16. The molecule has 0 saturated heterocycles. The lowest BCUT2D eigenvalue weighted by Gasteiger charge is -2.10. The van der Waals surface area contributed by atoms with Crippen molar-refractivity contribution in [3.8, 4) is 55.9 Å². The minimum Gasteiger partial charge on any atom is -0.309 e. The van der Waals surface area contributed by atoms with Crippen molar-refractivity contribution < 1.29 is 0 Å². The summed E-state index contributed by atoms with van der Waals surface area (Å²) in [7, 11) is 0. The van der Waals surface area contributed by atoms with E-state index in [4.69, 9.17) is 0 Å². The Labute approximate surface area is 325 Å². The summed E-state index contributed by atoms with van der Waals surface area (Å²) >= 11 is 0. The van der Waals surface area contributed by atoms with Crippen LogP contribution in [0.15, 0.2) is 218 Å². The van der Waals surface area contributed by atoms with Crippen LogP contribution in [0.2, 0.25) is 0 Å². The van der Waals surface area contributed by atoms with Crippen molar-refractivity contribution in [2.24, 2.45) is 0 Å². The first kappa shape index (κ1) is 32.0. The molecule has 0 atom stereocenters. The molecule has 2 heteroatoms. The van der Waals surface area contributed by atoms with Gasteiger partial charge >= 0.3 is 0 Å². The summed E-state index contributed by atoms with van der Waals surface area (Å²) in [6.45, 7) is 0. The number of nitrogens with zero attached hydrogens (tertiary/aromatic N) is 2. The molecule has 0 aliphatic heterocycles. The number of rotatable bonds is 6. The van der Waals surface area contributed by atoms with Crippen LogP contribution in [0.1, 0.15) is 0 Å². The molecule has 56 heavy (non-hydrogen) atoms. The molecule has 0 amide bonds. The van der Waals surface area contributed by atoms with Crippen LogP contribution in [-0.4, -0.2) is 9.13 Å². The lowest BCUT2D eigenvalue weighted by atomic mass is 9.97. The lowest BCUT2D eigenvalue weighted by molar-refractivity contribution is 1.18. The minimum atomic E-state index is 1.16. The molecule has 11 rings (SSSR count). The second kappa shape index (κ2) is 13.2. The maximum absolute atomic E-state index is 2.40. The van der Waals surface area contributed by atoms with Crippen LogP contribution in [0.25, 0.3) is 99.5 Å². The van der Waals surface area contributed by atoms with Gasteiger partial charge in [-0.05, 0) is 117 Å². The van der Waals surface area contributed by atoms with Crippen molar-refractivity contribution in [1.29, 1.82) is 0 Å². The van der Waals surface area contributed by atoms with Crippen molar-refractivity contribution >= 4 is 43.6 Å². The quantitative estimate of drug-likeness (QED) is 0.162. The average Bonchev–Trinajstić information content (AvgIpc) is 3.79. The Hall–Kier alpha value is -7.42. The van der Waals surface area contributed by atoms with Crippen molar-refractivity contribution in [2.45, 2.75) is 0 Å². The van der Waals surface area contributed by atoms with Gasteiger partial charge in [0.05, 0.1) is 22.1 Å². The van der Waals surface area contributed by atoms with Crippen molar-refractivity contribution in [3.63, 3.8) is 0 Å². The van der Waals surface area contributed by atoms with E-state index in [1.165, 1.54) is 88.1 Å². The molecule has 0 fully saturated rings. The van der Waals surface area contributed by atoms with E-state index in [9.17, 15) is 0 Å². The van der Waals surface area contributed by atoms with E-state index in [1.54, 1.807) is 0 Å². The predicted molar refractivity (Wildman–Crippen MR) is 237 cm³/mol. The van der Waals surface area contributed by atoms with E-state index in [0.29, 0.717) is 0 Å². The van der Waals surface area contributed by atoms with Crippen LogP contribution in [0.5, 0.6) is 0 Å². The van der Waals surface area contributed by atoms with Crippen LogP contribution in [0.3, 0.4) is 0 Å². The number of benzene rings is 9. The molecule has 0 saturated carbocycles. The normalized spacial score (nSPS) is 11.6. The van der Waals surface area contributed by atoms with Gasteiger partial charge in [-0.1, -0.05) is 146 Å². The molecule has 2 nitrogen and oxygen atoms in total. The van der Waals surface area contributed by atoms with E-state index < -0.39 is 0 Å². The number of para-hydroxylation sites is 2. The fourth-order valence-corrected chi connectivity index (χ4v) is 8.61. The second-order valence-electron chi connectivity index (χ2n) is 14.6. The molecular weight excluding hydrogens is 677 g/mol. The van der Waals surface area contributed by atoms with Crippen LogP contribution in [-0.2, 0) is 0 Å². The summed E-state index contributed by atoms with van der Waals surface area (Å²) in [6, 6.07) is 79.4. The van der Waals surface area contributed by atoms with Gasteiger partial charge in [-0.3, -0.25) is 0 Å². The number of aromatic nitrogens is 2. The van der Waals surface area contributed by atoms with Gasteiger partial charge in [0.25, 0.3) is 0 Å². The molecule has 0 spiro atoms. The Balaban J connectivity index is 1.06. The van der Waals surface area contributed by atoms with Crippen LogP contribution in [0.4, 0.5) is 0 Å². The fourth-order valence-electron chi connectivity index (χ4n) is 8.61. The van der Waals surface area contributed by atoms with E-state index >= 15 is 0 Å². The maximum atomic E-state index is 2.40. The average molecular weight is 713 g/mol. The van der Waals surface area contributed by atoms with Gasteiger partial charge in [0.2, 0.25) is 0 Å². The number of hydrogen-bond acceptors (Lipinski definition) is 0. The zero-order valence-electron chi connectivity index (χ0n) is 30.7. The molecule has 0 aliphatic carbocycles. The standard InChI is InChI=1S/C54H36N2/c1-4-13-37(14-5-1)39-23-28-46(29-24-39)56-51-22-11-10-21-47(51)48-34-43(26-30-52(48)56)44-27-32-54-50(36-44)49-35-42(25-31-53(49)55(54)45-19-8-3-9-20-45)41-18-12-17-40(33-41)38-15-6-2-7-16-38/h1-36H. The van der Waals surface area contributed by atoms with Gasteiger partial charge in [0, 0.05) is 32.9 Å². The molecule has 9 aromatic carbocycles. The van der Waals surface area contributed by atoms with Gasteiger partial charge in [-0.15, -0.1) is 0 Å². The summed E-state index contributed by atoms with van der Waals surface area (Å²) in [5.74, 6) is 0. The molecule has 2 aromatic heterocycles. The highest BCUT2D eigenvalue weighted by Crippen LogP contribution is 2.40. The van der Waals surface area contributed by atoms with E-state index in [-0.39, 0.29) is 0 Å². The third-order valence-electron chi connectivity index (χ3n) is 11.3. The zero-order valence-corrected chi connectivity index (χ0v) is 30.7. The molecule has 0 radical (unpaired) electrons. The molecule has 11 aromatic rings. The predicted octanol–water partition coefficient (Wildman–Crippen LogP) is 14.5. The number of hydrogen-bond donors (Lipinski definition) is 0. The largest absolute Gasteiger partial charge is 0.309 e. The third kappa shape index (κ3) is 5.34. The Morgan fingerprint density at radius 2 is 0.536 bits per heavy atom. The van der Waals surface area contributed by atoms with E-state index in [0.717, 1.165) is 11.4 Å². The molecule has 0 N–H and O–H groups in total. The van der Waals surface area contributed by atoms with Crippen LogP contribution in [0, 0.1) is 0 Å². The third-order valence-corrected chi connectivity index (χ3v) is 11.3. The maximum Gasteiger partial charge on any atom is 0.0541 e. The summed E-state index contributed by atoms with van der Waals surface area (Å²) in [6.07, 6.45) is 0. The van der Waals surface area contributed by atoms with Crippen molar-refractivity contribution in [2.75, 3.05) is 0 Å². The van der Waals surface area contributed by atoms with Gasteiger partial charge in [0.1, 0.15) is 0 Å². The number of fused-ring (bicyclic) bond motifs is 6. The van der Waals surface area contributed by atoms with Gasteiger partial charge in [0.15, 0.2) is 0 Å². The molecule has 0 aliphatic rings. The van der Waals surface area contributed by atoms with Gasteiger partial charge in [-0.2, -0.15) is 0 Å². The monoisotopic (exact) mass is 712 g/mol. The lowest BCUT2D eigenvalue weighted by Crippen LogP contribution is -1.94. The van der Waals surface area contributed by atoms with Crippen LogP contribution < -0.4 is 0 Å². The van der Waals surface area contributed by atoms with Crippen molar-refractivity contribution in [3.05, 3.63) is 218 Å². The summed E-state index contributed by atoms with van der Waals surface area (Å²) in [5, 5.41) is 4.98. The Kier molecular flexibility index (Phi) is 7.53. The van der Waals surface area contributed by atoms with Crippen molar-refractivity contribution in [1.82, 2.24) is 9.13 Å². The molecule has 0 unspecified atom stereocenters. The summed E-state index contributed by atoms with van der Waals surface area (Å²) < 4.78 is 4.80. The Bertz CT molecular complexity index is 3210. The first-order valence-electron chi connectivity index (χ1n) is 19.3. The SMILES string of the molecule is c1ccc(-c2ccc(-n3c4ccccc4c4cc(-c5ccc6c(c5)c5cc(-c7cccc(-c8ccccc8)c7)ccc5n6-c5ccccc5)ccc43)cc2)cc1. The zero-order chi connectivity index (χ0) is 37.0. The van der Waals surface area contributed by atoms with E-state index in [2.05, 4.69) is 228 Å². The van der Waals surface area contributed by atoms with Crippen LogP contribution >= 0.6 is 0 Å². The summed E-state index contributed by atoms with van der Waals surface area (Å²) in [5.41, 5.74) is 16.8. The summed E-state index contributed by atoms with van der Waals surface area (Å²) in [4.78, 5) is 0. The van der Waals surface area contributed by atoms with E-state index in [1.807, 2.05) is 0 Å². The Morgan fingerprint density at radius 1 is 0.196 bits per heavy atom.